The SMILES string of the molecule is CCC1CN(C(C)CCSC)CCCN1. The maximum Gasteiger partial charge on any atom is 0.0192 e. The van der Waals surface area contributed by atoms with E-state index < -0.39 is 0 Å². The zero-order valence-electron chi connectivity index (χ0n) is 10.5. The predicted molar refractivity (Wildman–Crippen MR) is 70.7 cm³/mol. The largest absolute Gasteiger partial charge is 0.313 e. The lowest BCUT2D eigenvalue weighted by Gasteiger charge is -2.29. The minimum absolute atomic E-state index is 0.712. The number of hydrogen-bond donors (Lipinski definition) is 1. The van der Waals surface area contributed by atoms with Crippen LogP contribution in [0.25, 0.3) is 0 Å². The van der Waals surface area contributed by atoms with Crippen LogP contribution in [0.1, 0.15) is 33.1 Å². The van der Waals surface area contributed by atoms with Gasteiger partial charge in [0.25, 0.3) is 0 Å². The Morgan fingerprint density at radius 2 is 2.33 bits per heavy atom. The first-order valence-corrected chi connectivity index (χ1v) is 7.63. The number of nitrogens with zero attached hydrogens (tertiary/aromatic N) is 1. The van der Waals surface area contributed by atoms with E-state index in [9.17, 15) is 0 Å². The van der Waals surface area contributed by atoms with Crippen molar-refractivity contribution in [1.29, 1.82) is 0 Å². The molecule has 2 unspecified atom stereocenters. The van der Waals surface area contributed by atoms with E-state index in [4.69, 9.17) is 0 Å². The fourth-order valence-electron chi connectivity index (χ4n) is 2.17. The highest BCUT2D eigenvalue weighted by atomic mass is 32.2. The molecule has 1 fully saturated rings. The molecular formula is C12H26N2S. The second kappa shape index (κ2) is 7.53. The van der Waals surface area contributed by atoms with Gasteiger partial charge in [-0.3, -0.25) is 4.90 Å². The molecule has 0 radical (unpaired) electrons. The summed E-state index contributed by atoms with van der Waals surface area (Å²) in [7, 11) is 0. The van der Waals surface area contributed by atoms with Gasteiger partial charge in [0.05, 0.1) is 0 Å². The minimum Gasteiger partial charge on any atom is -0.313 e. The molecule has 15 heavy (non-hydrogen) atoms. The van der Waals surface area contributed by atoms with E-state index in [1.807, 2.05) is 11.8 Å². The molecule has 0 saturated carbocycles. The molecule has 0 aromatic heterocycles. The highest BCUT2D eigenvalue weighted by Gasteiger charge is 2.19. The third-order valence-corrected chi connectivity index (χ3v) is 4.01. The van der Waals surface area contributed by atoms with Gasteiger partial charge in [-0.05, 0) is 51.3 Å². The summed E-state index contributed by atoms with van der Waals surface area (Å²) in [6.45, 7) is 8.39. The summed E-state index contributed by atoms with van der Waals surface area (Å²) >= 11 is 1.96. The fraction of sp³-hybridized carbons (Fsp3) is 1.00. The Bertz CT molecular complexity index is 164. The van der Waals surface area contributed by atoms with Crippen molar-refractivity contribution in [2.75, 3.05) is 31.6 Å². The van der Waals surface area contributed by atoms with Crippen molar-refractivity contribution in [3.05, 3.63) is 0 Å². The van der Waals surface area contributed by atoms with E-state index in [2.05, 4.69) is 30.3 Å². The van der Waals surface area contributed by atoms with E-state index in [1.165, 1.54) is 44.6 Å². The van der Waals surface area contributed by atoms with Crippen LogP contribution in [0.2, 0.25) is 0 Å². The summed E-state index contributed by atoms with van der Waals surface area (Å²) < 4.78 is 0. The molecule has 2 atom stereocenters. The molecule has 0 bridgehead atoms. The summed E-state index contributed by atoms with van der Waals surface area (Å²) in [6, 6.07) is 1.47. The summed E-state index contributed by atoms with van der Waals surface area (Å²) in [5, 5.41) is 3.63. The van der Waals surface area contributed by atoms with Crippen molar-refractivity contribution in [1.82, 2.24) is 10.2 Å². The maximum absolute atomic E-state index is 3.63. The highest BCUT2D eigenvalue weighted by Crippen LogP contribution is 2.12. The summed E-state index contributed by atoms with van der Waals surface area (Å²) in [4.78, 5) is 2.67. The molecule has 0 spiro atoms. The second-order valence-electron chi connectivity index (χ2n) is 4.54. The molecule has 1 rings (SSSR count). The van der Waals surface area contributed by atoms with Crippen LogP contribution in [-0.2, 0) is 0 Å². The van der Waals surface area contributed by atoms with Gasteiger partial charge in [-0.25, -0.2) is 0 Å². The minimum atomic E-state index is 0.712. The second-order valence-corrected chi connectivity index (χ2v) is 5.52. The first-order valence-electron chi connectivity index (χ1n) is 6.24. The average molecular weight is 230 g/mol. The van der Waals surface area contributed by atoms with E-state index in [1.54, 1.807) is 0 Å². The van der Waals surface area contributed by atoms with Gasteiger partial charge >= 0.3 is 0 Å². The van der Waals surface area contributed by atoms with Gasteiger partial charge in [-0.1, -0.05) is 6.92 Å². The van der Waals surface area contributed by atoms with Gasteiger partial charge in [-0.2, -0.15) is 11.8 Å². The van der Waals surface area contributed by atoms with Crippen LogP contribution in [0.15, 0.2) is 0 Å². The van der Waals surface area contributed by atoms with Gasteiger partial charge in [0, 0.05) is 18.6 Å². The van der Waals surface area contributed by atoms with E-state index in [0.29, 0.717) is 6.04 Å². The smallest absolute Gasteiger partial charge is 0.0192 e. The molecule has 1 N–H and O–H groups in total. The lowest BCUT2D eigenvalue weighted by Crippen LogP contribution is -2.41. The monoisotopic (exact) mass is 230 g/mol. The van der Waals surface area contributed by atoms with Crippen LogP contribution in [0.5, 0.6) is 0 Å². The Kier molecular flexibility index (Phi) is 6.69. The average Bonchev–Trinajstić information content (AvgIpc) is 2.50. The quantitative estimate of drug-likeness (QED) is 0.779. The molecule has 1 aliphatic heterocycles. The fourth-order valence-corrected chi connectivity index (χ4v) is 2.75. The molecule has 1 aliphatic rings. The molecule has 3 heteroatoms. The Labute approximate surface area is 99.2 Å². The Balaban J connectivity index is 2.36. The lowest BCUT2D eigenvalue weighted by molar-refractivity contribution is 0.200. The Morgan fingerprint density at radius 1 is 1.53 bits per heavy atom. The molecule has 2 nitrogen and oxygen atoms in total. The Morgan fingerprint density at radius 3 is 3.00 bits per heavy atom. The standard InChI is InChI=1S/C12H26N2S/c1-4-12-10-14(8-5-7-13-12)11(2)6-9-15-3/h11-13H,4-10H2,1-3H3. The molecule has 1 heterocycles. The van der Waals surface area contributed by atoms with Crippen molar-refractivity contribution >= 4 is 11.8 Å². The molecule has 1 saturated heterocycles. The van der Waals surface area contributed by atoms with Gasteiger partial charge in [-0.15, -0.1) is 0 Å². The summed E-state index contributed by atoms with van der Waals surface area (Å²) in [5.74, 6) is 1.29. The van der Waals surface area contributed by atoms with Gasteiger partial charge < -0.3 is 5.32 Å². The van der Waals surface area contributed by atoms with Crippen molar-refractivity contribution < 1.29 is 0 Å². The third kappa shape index (κ3) is 4.75. The third-order valence-electron chi connectivity index (χ3n) is 3.37. The normalized spacial score (nSPS) is 26.2. The Hall–Kier alpha value is 0.270. The van der Waals surface area contributed by atoms with Crippen LogP contribution in [0.4, 0.5) is 0 Å². The van der Waals surface area contributed by atoms with Crippen LogP contribution in [0, 0.1) is 0 Å². The van der Waals surface area contributed by atoms with Crippen LogP contribution in [-0.4, -0.2) is 48.6 Å². The number of nitrogens with one attached hydrogen (secondary N) is 1. The van der Waals surface area contributed by atoms with Gasteiger partial charge in [0.1, 0.15) is 0 Å². The van der Waals surface area contributed by atoms with Crippen molar-refractivity contribution in [2.45, 2.75) is 45.2 Å². The van der Waals surface area contributed by atoms with Crippen molar-refractivity contribution in [3.8, 4) is 0 Å². The number of hydrogen-bond acceptors (Lipinski definition) is 3. The van der Waals surface area contributed by atoms with Crippen LogP contribution in [0.3, 0.4) is 0 Å². The van der Waals surface area contributed by atoms with E-state index >= 15 is 0 Å². The zero-order chi connectivity index (χ0) is 11.1. The molecule has 90 valence electrons. The molecule has 0 aromatic rings. The van der Waals surface area contributed by atoms with Crippen molar-refractivity contribution in [2.24, 2.45) is 0 Å². The summed E-state index contributed by atoms with van der Waals surface area (Å²) in [6.07, 6.45) is 6.09. The van der Waals surface area contributed by atoms with Crippen LogP contribution < -0.4 is 5.32 Å². The van der Waals surface area contributed by atoms with E-state index in [0.717, 1.165) is 6.04 Å². The molecular weight excluding hydrogens is 204 g/mol. The maximum atomic E-state index is 3.63. The topological polar surface area (TPSA) is 15.3 Å². The van der Waals surface area contributed by atoms with Crippen LogP contribution >= 0.6 is 11.8 Å². The predicted octanol–water partition coefficient (Wildman–Crippen LogP) is 2.20. The highest BCUT2D eigenvalue weighted by molar-refractivity contribution is 7.98. The number of thioether (sulfide) groups is 1. The molecule has 0 aromatic carbocycles. The molecule has 0 amide bonds. The first-order chi connectivity index (χ1) is 7.27. The summed E-state index contributed by atoms with van der Waals surface area (Å²) in [5.41, 5.74) is 0. The van der Waals surface area contributed by atoms with Gasteiger partial charge in [0.15, 0.2) is 0 Å². The number of rotatable bonds is 5. The van der Waals surface area contributed by atoms with Crippen molar-refractivity contribution in [3.63, 3.8) is 0 Å². The zero-order valence-corrected chi connectivity index (χ0v) is 11.3. The molecule has 0 aliphatic carbocycles. The van der Waals surface area contributed by atoms with E-state index in [-0.39, 0.29) is 0 Å². The first kappa shape index (κ1) is 13.3. The van der Waals surface area contributed by atoms with Gasteiger partial charge in [0.2, 0.25) is 0 Å². The lowest BCUT2D eigenvalue weighted by atomic mass is 10.1.